The number of fused-ring (bicyclic) bond motifs is 2. The van der Waals surface area contributed by atoms with E-state index in [1.54, 1.807) is 0 Å². The highest BCUT2D eigenvalue weighted by Gasteiger charge is 2.39. The summed E-state index contributed by atoms with van der Waals surface area (Å²) in [6, 6.07) is 4.03. The largest absolute Gasteiger partial charge is 0.618 e. The number of hydrogen-bond donors (Lipinski definition) is 0. The van der Waals surface area contributed by atoms with Crippen molar-refractivity contribution < 1.29 is 23.1 Å². The van der Waals surface area contributed by atoms with E-state index in [2.05, 4.69) is 0 Å². The van der Waals surface area contributed by atoms with Crippen LogP contribution in [0.3, 0.4) is 0 Å². The van der Waals surface area contributed by atoms with Gasteiger partial charge in [0.15, 0.2) is 6.20 Å². The van der Waals surface area contributed by atoms with Crippen LogP contribution in [-0.4, -0.2) is 11.6 Å². The molecule has 0 unspecified atom stereocenters. The number of rotatable bonds is 0. The van der Waals surface area contributed by atoms with Gasteiger partial charge in [-0.3, -0.25) is 9.59 Å². The summed E-state index contributed by atoms with van der Waals surface area (Å²) in [6.45, 7) is 0. The summed E-state index contributed by atoms with van der Waals surface area (Å²) in [6.07, 6.45) is 1.02. The van der Waals surface area contributed by atoms with E-state index >= 15 is 0 Å². The third kappa shape index (κ3) is 1.40. The first kappa shape index (κ1) is 11.5. The SMILES string of the molecule is O=C1c2ccc[n+]([O-])c2C(=O)c2c(F)ccc(F)c21. The molecular weight excluding hydrogens is 256 g/mol. The highest BCUT2D eigenvalue weighted by molar-refractivity contribution is 6.27. The van der Waals surface area contributed by atoms with E-state index in [9.17, 15) is 23.6 Å². The van der Waals surface area contributed by atoms with Crippen LogP contribution < -0.4 is 4.73 Å². The number of nitrogens with zero attached hydrogens (tertiary/aromatic N) is 1. The Hall–Kier alpha value is -2.63. The third-order valence-corrected chi connectivity index (χ3v) is 2.98. The van der Waals surface area contributed by atoms with E-state index in [4.69, 9.17) is 0 Å². The Morgan fingerprint density at radius 3 is 2.16 bits per heavy atom. The number of carbonyl (C=O) groups excluding carboxylic acids is 2. The van der Waals surface area contributed by atoms with Crippen molar-refractivity contribution >= 4 is 11.6 Å². The monoisotopic (exact) mass is 261 g/mol. The number of halogens is 2. The fraction of sp³-hybridized carbons (Fsp3) is 0. The summed E-state index contributed by atoms with van der Waals surface area (Å²) in [7, 11) is 0. The molecule has 0 amide bonds. The van der Waals surface area contributed by atoms with Crippen molar-refractivity contribution in [3.63, 3.8) is 0 Å². The maximum Gasteiger partial charge on any atom is 0.276 e. The Morgan fingerprint density at radius 1 is 0.947 bits per heavy atom. The van der Waals surface area contributed by atoms with E-state index in [0.29, 0.717) is 0 Å². The summed E-state index contributed by atoms with van der Waals surface area (Å²) in [5.74, 6) is -3.87. The highest BCUT2D eigenvalue weighted by Crippen LogP contribution is 2.28. The van der Waals surface area contributed by atoms with Gasteiger partial charge in [-0.25, -0.2) is 8.78 Å². The molecule has 0 N–H and O–H groups in total. The molecule has 4 nitrogen and oxygen atoms in total. The van der Waals surface area contributed by atoms with E-state index in [-0.39, 0.29) is 10.3 Å². The van der Waals surface area contributed by atoms with Crippen LogP contribution >= 0.6 is 0 Å². The Balaban J connectivity index is 2.43. The molecule has 0 radical (unpaired) electrons. The Labute approximate surface area is 105 Å². The number of aromatic nitrogens is 1. The molecule has 0 fully saturated rings. The molecule has 0 saturated carbocycles. The van der Waals surface area contributed by atoms with E-state index in [1.165, 1.54) is 12.1 Å². The number of ketones is 2. The highest BCUT2D eigenvalue weighted by atomic mass is 19.1. The van der Waals surface area contributed by atoms with Gasteiger partial charge in [0, 0.05) is 6.07 Å². The first-order chi connectivity index (χ1) is 9.02. The Kier molecular flexibility index (Phi) is 2.22. The van der Waals surface area contributed by atoms with Crippen molar-refractivity contribution in [2.24, 2.45) is 0 Å². The van der Waals surface area contributed by atoms with Crippen molar-refractivity contribution in [1.29, 1.82) is 0 Å². The minimum Gasteiger partial charge on any atom is -0.618 e. The lowest BCUT2D eigenvalue weighted by Gasteiger charge is -2.16. The van der Waals surface area contributed by atoms with Crippen LogP contribution in [0.4, 0.5) is 8.78 Å². The van der Waals surface area contributed by atoms with Gasteiger partial charge >= 0.3 is 0 Å². The average Bonchev–Trinajstić information content (AvgIpc) is 2.38. The molecule has 1 aliphatic rings. The molecule has 1 aliphatic carbocycles. The van der Waals surface area contributed by atoms with Gasteiger partial charge < -0.3 is 5.21 Å². The quantitative estimate of drug-likeness (QED) is 0.453. The van der Waals surface area contributed by atoms with Crippen molar-refractivity contribution in [3.05, 3.63) is 69.7 Å². The fourth-order valence-electron chi connectivity index (χ4n) is 2.14. The van der Waals surface area contributed by atoms with Crippen LogP contribution in [0.25, 0.3) is 0 Å². The van der Waals surface area contributed by atoms with Gasteiger partial charge in [-0.05, 0) is 18.2 Å². The zero-order valence-electron chi connectivity index (χ0n) is 9.31. The zero-order chi connectivity index (χ0) is 13.7. The second kappa shape index (κ2) is 3.68. The van der Waals surface area contributed by atoms with Crippen molar-refractivity contribution in [2.45, 2.75) is 0 Å². The molecule has 1 heterocycles. The molecule has 1 aromatic carbocycles. The van der Waals surface area contributed by atoms with Crippen LogP contribution in [0.1, 0.15) is 32.0 Å². The van der Waals surface area contributed by atoms with Crippen LogP contribution in [0.5, 0.6) is 0 Å². The standard InChI is InChI=1S/C13H5F2NO3/c14-7-3-4-8(15)10-9(7)12(17)6-2-1-5-16(19)11(6)13(10)18/h1-5H. The molecule has 0 bridgehead atoms. The van der Waals surface area contributed by atoms with Gasteiger partial charge in [0.05, 0.1) is 11.1 Å². The third-order valence-electron chi connectivity index (χ3n) is 2.98. The molecule has 6 heteroatoms. The number of carbonyl (C=O) groups is 2. The first-order valence-corrected chi connectivity index (χ1v) is 5.32. The van der Waals surface area contributed by atoms with Gasteiger partial charge in [-0.15, -0.1) is 0 Å². The molecule has 2 aromatic rings. The van der Waals surface area contributed by atoms with Crippen molar-refractivity contribution in [3.8, 4) is 0 Å². The maximum atomic E-state index is 13.6. The van der Waals surface area contributed by atoms with Crippen LogP contribution in [0.15, 0.2) is 30.5 Å². The average molecular weight is 261 g/mol. The van der Waals surface area contributed by atoms with Gasteiger partial charge in [-0.2, -0.15) is 4.73 Å². The summed E-state index contributed by atoms with van der Waals surface area (Å²) in [5.41, 5.74) is -2.01. The molecule has 0 spiro atoms. The predicted octanol–water partition coefficient (Wildman–Crippen LogP) is 1.37. The van der Waals surface area contributed by atoms with Crippen LogP contribution in [0.2, 0.25) is 0 Å². The van der Waals surface area contributed by atoms with Crippen LogP contribution in [-0.2, 0) is 0 Å². The molecule has 3 rings (SSSR count). The van der Waals surface area contributed by atoms with Gasteiger partial charge in [0.25, 0.3) is 11.5 Å². The maximum absolute atomic E-state index is 13.6. The minimum atomic E-state index is -1.02. The summed E-state index contributed by atoms with van der Waals surface area (Å²) >= 11 is 0. The van der Waals surface area contributed by atoms with Crippen LogP contribution in [0, 0.1) is 16.8 Å². The summed E-state index contributed by atoms with van der Waals surface area (Å²) in [5, 5.41) is 11.6. The predicted molar refractivity (Wildman–Crippen MR) is 58.6 cm³/mol. The molecular formula is C13H5F2NO3. The molecule has 0 saturated heterocycles. The lowest BCUT2D eigenvalue weighted by Crippen LogP contribution is -2.40. The van der Waals surface area contributed by atoms with E-state index in [0.717, 1.165) is 18.3 Å². The minimum absolute atomic E-state index is 0.183. The number of pyridine rings is 1. The number of benzene rings is 1. The summed E-state index contributed by atoms with van der Waals surface area (Å²) in [4.78, 5) is 24.1. The molecule has 1 aromatic heterocycles. The van der Waals surface area contributed by atoms with Crippen molar-refractivity contribution in [2.75, 3.05) is 0 Å². The van der Waals surface area contributed by atoms with E-state index < -0.39 is 40.0 Å². The lowest BCUT2D eigenvalue weighted by atomic mass is 9.86. The summed E-state index contributed by atoms with van der Waals surface area (Å²) < 4.78 is 27.5. The second-order valence-corrected chi connectivity index (χ2v) is 4.03. The lowest BCUT2D eigenvalue weighted by molar-refractivity contribution is -0.607. The molecule has 0 atom stereocenters. The molecule has 94 valence electrons. The Morgan fingerprint density at radius 2 is 1.53 bits per heavy atom. The van der Waals surface area contributed by atoms with Gasteiger partial charge in [0.1, 0.15) is 17.2 Å². The normalized spacial score (nSPS) is 13.2. The second-order valence-electron chi connectivity index (χ2n) is 4.03. The fourth-order valence-corrected chi connectivity index (χ4v) is 2.14. The zero-order valence-corrected chi connectivity index (χ0v) is 9.31. The van der Waals surface area contributed by atoms with Gasteiger partial charge in [-0.1, -0.05) is 0 Å². The first-order valence-electron chi connectivity index (χ1n) is 5.32. The molecule has 0 aliphatic heterocycles. The van der Waals surface area contributed by atoms with E-state index in [1.807, 2.05) is 0 Å². The smallest absolute Gasteiger partial charge is 0.276 e. The van der Waals surface area contributed by atoms with Gasteiger partial charge in [0.2, 0.25) is 5.78 Å². The Bertz CT molecular complexity index is 756. The topological polar surface area (TPSA) is 61.1 Å². The van der Waals surface area contributed by atoms with Crippen molar-refractivity contribution in [1.82, 2.24) is 0 Å². The number of hydrogen-bond acceptors (Lipinski definition) is 3. The molecule has 19 heavy (non-hydrogen) atoms.